The van der Waals surface area contributed by atoms with Gasteiger partial charge in [-0.15, -0.1) is 23.7 Å². The van der Waals surface area contributed by atoms with Crippen LogP contribution < -0.4 is 14.8 Å². The van der Waals surface area contributed by atoms with Crippen LogP contribution in [0.2, 0.25) is 0 Å². The van der Waals surface area contributed by atoms with E-state index >= 15 is 0 Å². The van der Waals surface area contributed by atoms with Gasteiger partial charge in [-0.05, 0) is 38.5 Å². The summed E-state index contributed by atoms with van der Waals surface area (Å²) in [6.45, 7) is 1.49. The van der Waals surface area contributed by atoms with Crippen LogP contribution in [-0.2, 0) is 11.3 Å². The van der Waals surface area contributed by atoms with Crippen LogP contribution in [0.15, 0.2) is 54.1 Å². The number of halogens is 1. The van der Waals surface area contributed by atoms with E-state index in [-0.39, 0.29) is 24.9 Å². The van der Waals surface area contributed by atoms with Crippen molar-refractivity contribution in [3.05, 3.63) is 58.9 Å². The van der Waals surface area contributed by atoms with Crippen molar-refractivity contribution in [3.63, 3.8) is 0 Å². The van der Waals surface area contributed by atoms with E-state index in [1.165, 1.54) is 4.88 Å². The Kier molecular flexibility index (Phi) is 10.5. The minimum atomic E-state index is -0.188. The Morgan fingerprint density at radius 2 is 1.96 bits per heavy atom. The van der Waals surface area contributed by atoms with Crippen LogP contribution in [0.4, 0.5) is 0 Å². The number of nitrogens with zero attached hydrogens (tertiary/aromatic N) is 1. The number of amides is 1. The smallest absolute Gasteiger partial charge is 0.261 e. The van der Waals surface area contributed by atoms with Crippen molar-refractivity contribution in [2.45, 2.75) is 13.0 Å². The molecule has 5 nitrogen and oxygen atoms in total. The van der Waals surface area contributed by atoms with E-state index in [9.17, 15) is 4.79 Å². The third-order valence-corrected chi connectivity index (χ3v) is 4.03. The van der Waals surface area contributed by atoms with Crippen molar-refractivity contribution in [1.29, 1.82) is 0 Å². The fourth-order valence-electron chi connectivity index (χ4n) is 2.02. The van der Waals surface area contributed by atoms with Crippen LogP contribution >= 0.6 is 23.7 Å². The Bertz CT molecular complexity index is 674. The highest BCUT2D eigenvalue weighted by Gasteiger charge is 2.02. The van der Waals surface area contributed by atoms with E-state index in [4.69, 9.17) is 9.47 Å². The van der Waals surface area contributed by atoms with Gasteiger partial charge in [-0.2, -0.15) is 0 Å². The lowest BCUT2D eigenvalue weighted by molar-refractivity contribution is -0.122. The van der Waals surface area contributed by atoms with Crippen LogP contribution in [0, 0.1) is 0 Å². The van der Waals surface area contributed by atoms with Gasteiger partial charge >= 0.3 is 0 Å². The molecule has 2 rings (SSSR count). The molecule has 0 atom stereocenters. The lowest BCUT2D eigenvalue weighted by Gasteiger charge is -2.06. The van der Waals surface area contributed by atoms with Crippen LogP contribution in [0.3, 0.4) is 0 Å². The molecule has 0 saturated heterocycles. The Labute approximate surface area is 165 Å². The zero-order chi connectivity index (χ0) is 17.9. The zero-order valence-corrected chi connectivity index (χ0v) is 16.6. The van der Waals surface area contributed by atoms with E-state index in [0.717, 1.165) is 18.7 Å². The van der Waals surface area contributed by atoms with Crippen molar-refractivity contribution in [1.82, 2.24) is 10.2 Å². The first kappa shape index (κ1) is 22.0. The monoisotopic (exact) mass is 396 g/mol. The molecule has 1 amide bonds. The first-order chi connectivity index (χ1) is 12.1. The van der Waals surface area contributed by atoms with Gasteiger partial charge in [-0.1, -0.05) is 24.3 Å². The highest BCUT2D eigenvalue weighted by Crippen LogP contribution is 2.22. The molecule has 0 radical (unpaired) electrons. The second-order valence-corrected chi connectivity index (χ2v) is 6.69. The molecule has 1 N–H and O–H groups in total. The predicted octanol–water partition coefficient (Wildman–Crippen LogP) is 3.71. The summed E-state index contributed by atoms with van der Waals surface area (Å²) in [5, 5.41) is 4.69. The number of hydrogen-bond donors (Lipinski definition) is 1. The van der Waals surface area contributed by atoms with Gasteiger partial charge in [0.1, 0.15) is 11.5 Å². The Morgan fingerprint density at radius 1 is 1.19 bits per heavy atom. The summed E-state index contributed by atoms with van der Waals surface area (Å²) in [6.07, 6.45) is 4.22. The third-order valence-electron chi connectivity index (χ3n) is 3.13. The molecule has 0 spiro atoms. The Hall–Kier alpha value is -2.02. The second-order valence-electron chi connectivity index (χ2n) is 5.70. The van der Waals surface area contributed by atoms with Crippen molar-refractivity contribution in [2.24, 2.45) is 0 Å². The van der Waals surface area contributed by atoms with Crippen LogP contribution in [0.25, 0.3) is 0 Å². The molecule has 1 aromatic carbocycles. The topological polar surface area (TPSA) is 50.8 Å². The second kappa shape index (κ2) is 12.4. The molecule has 7 heteroatoms. The maximum absolute atomic E-state index is 11.6. The van der Waals surface area contributed by atoms with Crippen LogP contribution in [0.5, 0.6) is 11.5 Å². The summed E-state index contributed by atoms with van der Waals surface area (Å²) < 4.78 is 11.0. The van der Waals surface area contributed by atoms with E-state index in [2.05, 4.69) is 16.3 Å². The molecule has 0 aliphatic heterocycles. The summed E-state index contributed by atoms with van der Waals surface area (Å²) in [5.74, 6) is 1.39. The van der Waals surface area contributed by atoms with E-state index in [1.807, 2.05) is 55.9 Å². The highest BCUT2D eigenvalue weighted by atomic mass is 35.5. The minimum Gasteiger partial charge on any atom is -0.492 e. The number of carbonyl (C=O) groups is 1. The van der Waals surface area contributed by atoms with Crippen LogP contribution in [0.1, 0.15) is 11.3 Å². The number of carbonyl (C=O) groups excluding carboxylic acids is 1. The van der Waals surface area contributed by atoms with Crippen molar-refractivity contribution in [3.8, 4) is 11.5 Å². The molecule has 0 saturated carbocycles. The molecule has 0 bridgehead atoms. The Morgan fingerprint density at radius 3 is 2.69 bits per heavy atom. The third kappa shape index (κ3) is 8.89. The lowest BCUT2D eigenvalue weighted by atomic mass is 10.3. The van der Waals surface area contributed by atoms with Gasteiger partial charge in [-0.3, -0.25) is 4.79 Å². The summed E-state index contributed by atoms with van der Waals surface area (Å²) in [7, 11) is 4.09. The molecule has 1 aromatic heterocycles. The lowest BCUT2D eigenvalue weighted by Crippen LogP contribution is -2.24. The summed E-state index contributed by atoms with van der Waals surface area (Å²) in [6, 6.07) is 11.3. The number of rotatable bonds is 10. The largest absolute Gasteiger partial charge is 0.492 e. The number of nitrogens with one attached hydrogen (secondary N) is 1. The fourth-order valence-corrected chi connectivity index (χ4v) is 2.94. The molecule has 0 aliphatic rings. The normalized spacial score (nSPS) is 10.6. The van der Waals surface area contributed by atoms with Gasteiger partial charge in [0.25, 0.3) is 5.91 Å². The number of para-hydroxylation sites is 1. The molecular formula is C19H25ClN2O3S. The quantitative estimate of drug-likeness (QED) is 0.622. The van der Waals surface area contributed by atoms with Gasteiger partial charge in [0.2, 0.25) is 0 Å². The molecule has 0 fully saturated rings. The van der Waals surface area contributed by atoms with Gasteiger partial charge in [0.15, 0.2) is 6.61 Å². The summed E-state index contributed by atoms with van der Waals surface area (Å²) in [4.78, 5) is 15.0. The summed E-state index contributed by atoms with van der Waals surface area (Å²) in [5.41, 5.74) is 0. The van der Waals surface area contributed by atoms with Gasteiger partial charge in [-0.25, -0.2) is 0 Å². The SMILES string of the molecule is CN(C)Cc1cc(OCC/C=C\NC(=O)COc2ccccc2)cs1.Cl. The first-order valence-electron chi connectivity index (χ1n) is 8.10. The van der Waals surface area contributed by atoms with Gasteiger partial charge < -0.3 is 19.7 Å². The maximum atomic E-state index is 11.6. The molecule has 2 aromatic rings. The van der Waals surface area contributed by atoms with E-state index in [0.29, 0.717) is 12.4 Å². The van der Waals surface area contributed by atoms with E-state index < -0.39 is 0 Å². The van der Waals surface area contributed by atoms with Gasteiger partial charge in [0.05, 0.1) is 6.61 Å². The van der Waals surface area contributed by atoms with E-state index in [1.54, 1.807) is 17.5 Å². The Balaban J connectivity index is 0.00000338. The number of thiophene rings is 1. The fraction of sp³-hybridized carbons (Fsp3) is 0.316. The zero-order valence-electron chi connectivity index (χ0n) is 15.0. The molecule has 142 valence electrons. The standard InChI is InChI=1S/C19H24N2O3S.ClH/c1-21(2)13-18-12-17(15-25-18)23-11-7-6-10-20-19(22)14-24-16-8-4-3-5-9-16;/h3-6,8-10,12,15H,7,11,13-14H2,1-2H3,(H,20,22);1H/b10-6-;. The van der Waals surface area contributed by atoms with Crippen molar-refractivity contribution < 1.29 is 14.3 Å². The molecule has 0 unspecified atom stereocenters. The average Bonchev–Trinajstić information content (AvgIpc) is 3.03. The van der Waals surface area contributed by atoms with Crippen molar-refractivity contribution in [2.75, 3.05) is 27.3 Å². The highest BCUT2D eigenvalue weighted by molar-refractivity contribution is 7.10. The molecule has 1 heterocycles. The number of benzene rings is 1. The first-order valence-corrected chi connectivity index (χ1v) is 8.98. The predicted molar refractivity (Wildman–Crippen MR) is 108 cm³/mol. The number of ether oxygens (including phenoxy) is 2. The average molecular weight is 397 g/mol. The summed E-state index contributed by atoms with van der Waals surface area (Å²) >= 11 is 1.70. The molecule has 26 heavy (non-hydrogen) atoms. The number of hydrogen-bond acceptors (Lipinski definition) is 5. The minimum absolute atomic E-state index is 0. The molecule has 0 aliphatic carbocycles. The maximum Gasteiger partial charge on any atom is 0.261 e. The molecular weight excluding hydrogens is 372 g/mol. The van der Waals surface area contributed by atoms with Crippen molar-refractivity contribution >= 4 is 29.7 Å². The van der Waals surface area contributed by atoms with Gasteiger partial charge in [0, 0.05) is 23.2 Å². The van der Waals surface area contributed by atoms with Crippen LogP contribution in [-0.4, -0.2) is 38.1 Å².